The number of primary amides is 1. The molecule has 4 nitrogen and oxygen atoms in total. The Morgan fingerprint density at radius 3 is 2.40 bits per heavy atom. The number of amides is 1. The smallest absolute Gasteiger partial charge is 0.248 e. The van der Waals surface area contributed by atoms with Gasteiger partial charge in [0.25, 0.3) is 0 Å². The van der Waals surface area contributed by atoms with Crippen molar-refractivity contribution in [1.82, 2.24) is 4.90 Å². The highest BCUT2D eigenvalue weighted by Crippen LogP contribution is 2.20. The zero-order valence-corrected chi connectivity index (χ0v) is 12.3. The fourth-order valence-electron chi connectivity index (χ4n) is 2.62. The lowest BCUT2D eigenvalue weighted by atomic mass is 10.1. The fourth-order valence-corrected chi connectivity index (χ4v) is 2.62. The molecule has 0 aromatic heterocycles. The molecule has 0 atom stereocenters. The van der Waals surface area contributed by atoms with Crippen molar-refractivity contribution >= 4 is 5.91 Å². The molecule has 1 heterocycles. The van der Waals surface area contributed by atoms with Gasteiger partial charge in [0, 0.05) is 25.2 Å². The third-order valence-electron chi connectivity index (χ3n) is 3.60. The van der Waals surface area contributed by atoms with Gasteiger partial charge in [-0.05, 0) is 43.0 Å². The van der Waals surface area contributed by atoms with E-state index in [1.54, 1.807) is 12.1 Å². The van der Waals surface area contributed by atoms with E-state index in [9.17, 15) is 4.79 Å². The molecule has 0 radical (unpaired) electrons. The Morgan fingerprint density at radius 1 is 1.30 bits per heavy atom. The van der Waals surface area contributed by atoms with Gasteiger partial charge in [0.15, 0.2) is 0 Å². The van der Waals surface area contributed by atoms with Gasteiger partial charge in [-0.3, -0.25) is 4.79 Å². The average molecular weight is 276 g/mol. The molecule has 0 aliphatic carbocycles. The summed E-state index contributed by atoms with van der Waals surface area (Å²) >= 11 is 0. The number of hydrogen-bond acceptors (Lipinski definition) is 3. The number of piperidine rings is 1. The van der Waals surface area contributed by atoms with Gasteiger partial charge in [-0.15, -0.1) is 0 Å². The number of benzene rings is 1. The largest absolute Gasteiger partial charge is 0.490 e. The van der Waals surface area contributed by atoms with Crippen molar-refractivity contribution < 1.29 is 9.53 Å². The van der Waals surface area contributed by atoms with Crippen LogP contribution in [0.4, 0.5) is 0 Å². The van der Waals surface area contributed by atoms with E-state index in [4.69, 9.17) is 10.5 Å². The SMILES string of the molecule is CC(C)CN1CCC(Oc2ccc(C(N)=O)cc2)CC1. The van der Waals surface area contributed by atoms with Crippen molar-refractivity contribution in [3.05, 3.63) is 29.8 Å². The van der Waals surface area contributed by atoms with Gasteiger partial charge in [-0.25, -0.2) is 0 Å². The number of carbonyl (C=O) groups is 1. The number of ether oxygens (including phenoxy) is 1. The van der Waals surface area contributed by atoms with Crippen molar-refractivity contribution in [2.45, 2.75) is 32.8 Å². The zero-order chi connectivity index (χ0) is 14.5. The second-order valence-corrected chi connectivity index (χ2v) is 5.90. The lowest BCUT2D eigenvalue weighted by molar-refractivity contribution is 0.0940. The Labute approximate surface area is 120 Å². The van der Waals surface area contributed by atoms with E-state index in [2.05, 4.69) is 18.7 Å². The first-order chi connectivity index (χ1) is 9.54. The molecule has 110 valence electrons. The van der Waals surface area contributed by atoms with Crippen LogP contribution >= 0.6 is 0 Å². The van der Waals surface area contributed by atoms with Crippen LogP contribution in [0.15, 0.2) is 24.3 Å². The van der Waals surface area contributed by atoms with E-state index >= 15 is 0 Å². The molecule has 0 spiro atoms. The third kappa shape index (κ3) is 4.23. The lowest BCUT2D eigenvalue weighted by Crippen LogP contribution is -2.39. The van der Waals surface area contributed by atoms with Gasteiger partial charge in [-0.1, -0.05) is 13.8 Å². The van der Waals surface area contributed by atoms with Crippen molar-refractivity contribution in [2.24, 2.45) is 11.7 Å². The standard InChI is InChI=1S/C16H24N2O2/c1-12(2)11-18-9-7-15(8-10-18)20-14-5-3-13(4-6-14)16(17)19/h3-6,12,15H,7-11H2,1-2H3,(H2,17,19). The molecule has 2 N–H and O–H groups in total. The first-order valence-electron chi connectivity index (χ1n) is 7.33. The highest BCUT2D eigenvalue weighted by Gasteiger charge is 2.20. The zero-order valence-electron chi connectivity index (χ0n) is 12.3. The summed E-state index contributed by atoms with van der Waals surface area (Å²) < 4.78 is 5.96. The van der Waals surface area contributed by atoms with Crippen LogP contribution in [0, 0.1) is 5.92 Å². The predicted octanol–water partition coefficient (Wildman–Crippen LogP) is 2.28. The first kappa shape index (κ1) is 14.9. The van der Waals surface area contributed by atoms with Gasteiger partial charge in [0.1, 0.15) is 11.9 Å². The molecule has 1 saturated heterocycles. The molecule has 1 aliphatic heterocycles. The van der Waals surface area contributed by atoms with Crippen LogP contribution in [-0.2, 0) is 0 Å². The Morgan fingerprint density at radius 2 is 1.90 bits per heavy atom. The second kappa shape index (κ2) is 6.75. The Balaban J connectivity index is 1.81. The maximum atomic E-state index is 11.0. The predicted molar refractivity (Wildman–Crippen MR) is 79.9 cm³/mol. The molecule has 1 aromatic rings. The summed E-state index contributed by atoms with van der Waals surface area (Å²) in [5.41, 5.74) is 5.74. The maximum absolute atomic E-state index is 11.0. The topological polar surface area (TPSA) is 55.6 Å². The quantitative estimate of drug-likeness (QED) is 0.897. The van der Waals surface area contributed by atoms with Gasteiger partial charge in [0.05, 0.1) is 0 Å². The summed E-state index contributed by atoms with van der Waals surface area (Å²) in [5, 5.41) is 0. The van der Waals surface area contributed by atoms with Crippen LogP contribution in [0.1, 0.15) is 37.0 Å². The Kier molecular flexibility index (Phi) is 5.01. The van der Waals surface area contributed by atoms with Gasteiger partial charge in [0.2, 0.25) is 5.91 Å². The van der Waals surface area contributed by atoms with Gasteiger partial charge >= 0.3 is 0 Å². The molecular weight excluding hydrogens is 252 g/mol. The molecule has 1 fully saturated rings. The molecule has 1 aromatic carbocycles. The third-order valence-corrected chi connectivity index (χ3v) is 3.60. The van der Waals surface area contributed by atoms with Crippen LogP contribution in [0.3, 0.4) is 0 Å². The summed E-state index contributed by atoms with van der Waals surface area (Å²) in [7, 11) is 0. The summed E-state index contributed by atoms with van der Waals surface area (Å²) in [6, 6.07) is 7.07. The summed E-state index contributed by atoms with van der Waals surface area (Å²) in [6.07, 6.45) is 2.40. The Bertz CT molecular complexity index is 434. The van der Waals surface area contributed by atoms with E-state index in [1.807, 2.05) is 12.1 Å². The van der Waals surface area contributed by atoms with Crippen molar-refractivity contribution in [3.63, 3.8) is 0 Å². The second-order valence-electron chi connectivity index (χ2n) is 5.90. The van der Waals surface area contributed by atoms with Crippen LogP contribution in [0.2, 0.25) is 0 Å². The number of likely N-dealkylation sites (tertiary alicyclic amines) is 1. The fraction of sp³-hybridized carbons (Fsp3) is 0.562. The van der Waals surface area contributed by atoms with E-state index in [1.165, 1.54) is 6.54 Å². The lowest BCUT2D eigenvalue weighted by Gasteiger charge is -2.33. The van der Waals surface area contributed by atoms with Crippen molar-refractivity contribution in [2.75, 3.05) is 19.6 Å². The maximum Gasteiger partial charge on any atom is 0.248 e. The van der Waals surface area contributed by atoms with E-state index < -0.39 is 5.91 Å². The summed E-state index contributed by atoms with van der Waals surface area (Å²) in [4.78, 5) is 13.5. The number of carbonyl (C=O) groups excluding carboxylic acids is 1. The highest BCUT2D eigenvalue weighted by atomic mass is 16.5. The van der Waals surface area contributed by atoms with Crippen molar-refractivity contribution in [1.29, 1.82) is 0 Å². The average Bonchev–Trinajstić information content (AvgIpc) is 2.41. The van der Waals surface area contributed by atoms with Crippen LogP contribution in [0.5, 0.6) is 5.75 Å². The van der Waals surface area contributed by atoms with Crippen LogP contribution in [-0.4, -0.2) is 36.5 Å². The summed E-state index contributed by atoms with van der Waals surface area (Å²) in [6.45, 7) is 7.87. The molecule has 4 heteroatoms. The molecule has 0 unspecified atom stereocenters. The van der Waals surface area contributed by atoms with Gasteiger partial charge < -0.3 is 15.4 Å². The van der Waals surface area contributed by atoms with E-state index in [0.29, 0.717) is 11.5 Å². The molecule has 1 amide bonds. The minimum atomic E-state index is -0.404. The number of hydrogen-bond donors (Lipinski definition) is 1. The minimum Gasteiger partial charge on any atom is -0.490 e. The van der Waals surface area contributed by atoms with E-state index in [-0.39, 0.29) is 6.10 Å². The van der Waals surface area contributed by atoms with E-state index in [0.717, 1.165) is 31.7 Å². The molecule has 20 heavy (non-hydrogen) atoms. The number of nitrogens with two attached hydrogens (primary N) is 1. The van der Waals surface area contributed by atoms with Crippen LogP contribution in [0.25, 0.3) is 0 Å². The number of nitrogens with zero attached hydrogens (tertiary/aromatic N) is 1. The van der Waals surface area contributed by atoms with Crippen LogP contribution < -0.4 is 10.5 Å². The highest BCUT2D eigenvalue weighted by molar-refractivity contribution is 5.92. The van der Waals surface area contributed by atoms with Crippen molar-refractivity contribution in [3.8, 4) is 5.75 Å². The molecular formula is C16H24N2O2. The molecule has 0 saturated carbocycles. The molecule has 2 rings (SSSR count). The number of rotatable bonds is 5. The van der Waals surface area contributed by atoms with Gasteiger partial charge in [-0.2, -0.15) is 0 Å². The first-order valence-corrected chi connectivity index (χ1v) is 7.33. The summed E-state index contributed by atoms with van der Waals surface area (Å²) in [5.74, 6) is 1.13. The minimum absolute atomic E-state index is 0.276. The molecule has 0 bridgehead atoms. The molecule has 1 aliphatic rings. The normalized spacial score (nSPS) is 17.4. The Hall–Kier alpha value is -1.55. The monoisotopic (exact) mass is 276 g/mol.